The van der Waals surface area contributed by atoms with Crippen LogP contribution in [-0.4, -0.2) is 15.8 Å². The molecule has 3 aromatic heterocycles. The molecule has 542 valence electrons. The van der Waals surface area contributed by atoms with Crippen LogP contribution in [0.4, 0.5) is 34.1 Å². The fourth-order valence-corrected chi connectivity index (χ4v) is 19.2. The second-order valence-electron chi connectivity index (χ2n) is 34.9. The minimum Gasteiger partial charge on any atom is -0.310 e. The third kappa shape index (κ3) is 11.2. The number of nitrogens with zero attached hydrogens (tertiary/aromatic N) is 4. The zero-order valence-corrected chi connectivity index (χ0v) is 66.3. The Morgan fingerprint density at radius 3 is 1.29 bits per heavy atom. The Hall–Kier alpha value is -12.2. The molecule has 0 saturated carbocycles. The van der Waals surface area contributed by atoms with Gasteiger partial charge in [0.25, 0.3) is 6.71 Å². The zero-order valence-electron chi connectivity index (χ0n) is 70.5. The molecule has 112 heavy (non-hydrogen) atoms. The first-order valence-corrected chi connectivity index (χ1v) is 40.1. The first-order valence-electron chi connectivity index (χ1n) is 41.8. The minimum atomic E-state index is -0.437. The molecule has 20 rings (SSSR count). The first kappa shape index (κ1) is 63.5. The molecule has 0 amide bonds. The van der Waals surface area contributed by atoms with Crippen molar-refractivity contribution in [2.75, 3.05) is 9.80 Å². The van der Waals surface area contributed by atoms with Crippen molar-refractivity contribution in [3.63, 3.8) is 0 Å². The average molecular weight is 1470 g/mol. The van der Waals surface area contributed by atoms with E-state index in [-0.39, 0.29) is 51.4 Å². The second-order valence-corrected chi connectivity index (χ2v) is 36.0. The molecular formula is C106H89BN4S. The van der Waals surface area contributed by atoms with Crippen molar-refractivity contribution in [2.45, 2.75) is 105 Å². The van der Waals surface area contributed by atoms with Gasteiger partial charge in [-0.25, -0.2) is 0 Å². The molecule has 0 fully saturated rings. The van der Waals surface area contributed by atoms with E-state index >= 15 is 0 Å². The number of fused-ring (bicyclic) bond motifs is 13. The predicted octanol–water partition coefficient (Wildman–Crippen LogP) is 27.9. The zero-order chi connectivity index (χ0) is 80.8. The number of hydrogen-bond donors (Lipinski definition) is 0. The molecule has 15 aromatic carbocycles. The van der Waals surface area contributed by atoms with Crippen LogP contribution in [0.15, 0.2) is 321 Å². The number of rotatable bonds is 9. The van der Waals surface area contributed by atoms with Crippen LogP contribution >= 0.6 is 11.3 Å². The molecule has 6 heteroatoms. The van der Waals surface area contributed by atoms with Crippen LogP contribution in [0.1, 0.15) is 112 Å². The summed E-state index contributed by atoms with van der Waals surface area (Å²) in [7, 11) is 0. The fourth-order valence-electron chi connectivity index (χ4n) is 17.9. The summed E-state index contributed by atoms with van der Waals surface area (Å²) in [5, 5.41) is 6.91. The highest BCUT2D eigenvalue weighted by Crippen LogP contribution is 2.55. The molecule has 0 aliphatic carbocycles. The molecule has 0 atom stereocenters. The summed E-state index contributed by atoms with van der Waals surface area (Å²) in [5.41, 5.74) is 29.2. The van der Waals surface area contributed by atoms with Crippen LogP contribution in [-0.2, 0) is 21.7 Å². The Bertz CT molecular complexity index is 7030. The summed E-state index contributed by atoms with van der Waals surface area (Å²) < 4.78 is 54.0. The van der Waals surface area contributed by atoms with E-state index < -0.39 is 12.8 Å². The summed E-state index contributed by atoms with van der Waals surface area (Å²) in [6.45, 7) is 27.2. The van der Waals surface area contributed by atoms with E-state index in [0.717, 1.165) is 143 Å². The smallest absolute Gasteiger partial charge is 0.252 e. The van der Waals surface area contributed by atoms with Crippen molar-refractivity contribution >= 4 is 132 Å². The van der Waals surface area contributed by atoms with Gasteiger partial charge in [-0.15, -0.1) is 11.3 Å². The van der Waals surface area contributed by atoms with Crippen LogP contribution in [0.25, 0.3) is 131 Å². The van der Waals surface area contributed by atoms with Gasteiger partial charge in [-0.2, -0.15) is 0 Å². The summed E-state index contributed by atoms with van der Waals surface area (Å²) in [6, 6.07) is 107. The Kier molecular flexibility index (Phi) is 14.6. The fraction of sp³-hybridized carbons (Fsp3) is 0.151. The molecule has 4 nitrogen and oxygen atoms in total. The lowest BCUT2D eigenvalue weighted by Crippen LogP contribution is -2.61. The lowest BCUT2D eigenvalue weighted by Gasteiger charge is -2.45. The first-order chi connectivity index (χ1) is 56.2. The Morgan fingerprint density at radius 2 is 0.705 bits per heavy atom. The van der Waals surface area contributed by atoms with Crippen LogP contribution in [0.2, 0.25) is 0 Å². The van der Waals surface area contributed by atoms with Gasteiger partial charge in [0.2, 0.25) is 0 Å². The lowest BCUT2D eigenvalue weighted by molar-refractivity contribution is 0.590. The normalized spacial score (nSPS) is 13.8. The van der Waals surface area contributed by atoms with E-state index in [0.29, 0.717) is 5.56 Å². The van der Waals surface area contributed by atoms with Gasteiger partial charge in [-0.3, -0.25) is 0 Å². The quantitative estimate of drug-likeness (QED) is 0.134. The maximum absolute atomic E-state index is 9.74. The van der Waals surface area contributed by atoms with Gasteiger partial charge in [0.1, 0.15) is 0 Å². The molecule has 0 radical (unpaired) electrons. The number of thiophene rings is 1. The van der Waals surface area contributed by atoms with Crippen molar-refractivity contribution in [1.29, 1.82) is 0 Å². The van der Waals surface area contributed by atoms with Crippen molar-refractivity contribution in [2.24, 2.45) is 0 Å². The van der Waals surface area contributed by atoms with Gasteiger partial charge < -0.3 is 18.9 Å². The second kappa shape index (κ2) is 25.7. The number of aromatic nitrogens is 2. The monoisotopic (exact) mass is 1470 g/mol. The third-order valence-electron chi connectivity index (χ3n) is 23.8. The Morgan fingerprint density at radius 1 is 0.277 bits per heavy atom. The van der Waals surface area contributed by atoms with Gasteiger partial charge in [0.15, 0.2) is 0 Å². The minimum absolute atomic E-state index is 0.129. The van der Waals surface area contributed by atoms with E-state index in [9.17, 15) is 5.48 Å². The number of hydrogen-bond acceptors (Lipinski definition) is 3. The number of benzene rings is 15. The lowest BCUT2D eigenvalue weighted by atomic mass is 9.33. The standard InChI is InChI=1S/C106H89BN4S/c1-103(2,3)74-39-27-38-70(56-74)73-47-52-88-96(59-73)111(100-82(68-34-21-15-22-35-68)62-77(106(10,11)12)63-83(100)69-36-23-16-24-37-69)98-65-78(108-90-54-49-75(104(4,5)6)60-85(90)86-61-76(105(7,8)9)50-55-91(86)108)64-97-99(98)107(88)87-51-46-72(67-32-19-14-20-33-67)58-95(87)110(97)94-45-29-42-81-80-41-28-44-93(101(80)112-102(81)94)109-89-43-26-25-40-79(89)84-57-71(48-53-92(84)109)66-30-17-13-18-31-66/h13-65H,1-12H3/i14D,19D,20D,32D,33D. The van der Waals surface area contributed by atoms with Crippen molar-refractivity contribution in [3.05, 3.63) is 344 Å². The van der Waals surface area contributed by atoms with E-state index in [1.54, 1.807) is 11.3 Å². The Labute approximate surface area is 669 Å². The van der Waals surface area contributed by atoms with Crippen LogP contribution in [0, 0.1) is 0 Å². The van der Waals surface area contributed by atoms with E-state index in [1.165, 1.54) is 49.4 Å². The number of para-hydroxylation sites is 1. The largest absolute Gasteiger partial charge is 0.310 e. The molecule has 2 aliphatic heterocycles. The third-order valence-corrected chi connectivity index (χ3v) is 25.0. The molecule has 0 spiro atoms. The van der Waals surface area contributed by atoms with Gasteiger partial charge in [0, 0.05) is 66.2 Å². The molecular weight excluding hydrogens is 1370 g/mol. The van der Waals surface area contributed by atoms with Crippen molar-refractivity contribution in [1.82, 2.24) is 9.13 Å². The van der Waals surface area contributed by atoms with Crippen LogP contribution < -0.4 is 26.2 Å². The van der Waals surface area contributed by atoms with Gasteiger partial charge in [-0.1, -0.05) is 313 Å². The molecule has 2 aliphatic rings. The molecule has 5 heterocycles. The van der Waals surface area contributed by atoms with Gasteiger partial charge in [-0.05, 0) is 196 Å². The van der Waals surface area contributed by atoms with Gasteiger partial charge in [0.05, 0.1) is 61.1 Å². The van der Waals surface area contributed by atoms with E-state index in [4.69, 9.17) is 1.37 Å². The molecule has 0 N–H and O–H groups in total. The SMILES string of the molecule is [2H]c1c([2H])c([2H])c(-c2ccc3c(c2)N(c2cccc4c2sc2c(-n5c6ccccc6c6cc(-c7ccccc7)ccc65)cccc24)c2cc(-n4c5ccc(C(C)(C)C)cc5c5cc(C(C)(C)C)ccc54)cc4c2B3c2ccc(-c3cccc(C(C)(C)C)c3)cc2N4c2c(-c3ccccc3)cc(C(C)(C)C)cc2-c2ccccc2)c([2H])c1[2H]. The highest BCUT2D eigenvalue weighted by atomic mass is 32.1. The van der Waals surface area contributed by atoms with E-state index in [2.05, 4.69) is 387 Å². The van der Waals surface area contributed by atoms with Gasteiger partial charge >= 0.3 is 0 Å². The summed E-state index contributed by atoms with van der Waals surface area (Å²) >= 11 is 1.80. The molecule has 0 saturated heterocycles. The molecule has 0 unspecified atom stereocenters. The average Bonchev–Trinajstić information content (AvgIpc) is 1.31. The molecule has 0 bridgehead atoms. The van der Waals surface area contributed by atoms with Crippen LogP contribution in [0.3, 0.4) is 0 Å². The summed E-state index contributed by atoms with van der Waals surface area (Å²) in [5.74, 6) is 0. The Balaban J connectivity index is 0.961. The van der Waals surface area contributed by atoms with Crippen molar-refractivity contribution < 1.29 is 6.85 Å². The molecule has 18 aromatic rings. The predicted molar refractivity (Wildman–Crippen MR) is 484 cm³/mol. The topological polar surface area (TPSA) is 16.3 Å². The number of anilines is 6. The van der Waals surface area contributed by atoms with Crippen molar-refractivity contribution in [3.8, 4) is 67.0 Å². The maximum atomic E-state index is 9.74. The maximum Gasteiger partial charge on any atom is 0.252 e. The van der Waals surface area contributed by atoms with E-state index in [1.807, 2.05) is 6.07 Å². The highest BCUT2D eigenvalue weighted by Gasteiger charge is 2.46. The highest BCUT2D eigenvalue weighted by molar-refractivity contribution is 7.27. The van der Waals surface area contributed by atoms with Crippen LogP contribution in [0.5, 0.6) is 0 Å². The summed E-state index contributed by atoms with van der Waals surface area (Å²) in [4.78, 5) is 5.14. The summed E-state index contributed by atoms with van der Waals surface area (Å²) in [6.07, 6.45) is 0.